The molecule has 0 unspecified atom stereocenters. The predicted octanol–water partition coefficient (Wildman–Crippen LogP) is 3.06. The Balaban J connectivity index is 1.98. The van der Waals surface area contributed by atoms with Gasteiger partial charge in [-0.25, -0.2) is 9.97 Å². The summed E-state index contributed by atoms with van der Waals surface area (Å²) in [6.07, 6.45) is 4.81. The summed E-state index contributed by atoms with van der Waals surface area (Å²) in [5.74, 6) is 0.573. The minimum absolute atomic E-state index is 0.215. The van der Waals surface area contributed by atoms with E-state index in [0.29, 0.717) is 16.5 Å². The van der Waals surface area contributed by atoms with E-state index >= 15 is 0 Å². The van der Waals surface area contributed by atoms with E-state index in [0.717, 1.165) is 16.6 Å². The maximum atomic E-state index is 6.16. The highest BCUT2D eigenvalue weighted by Crippen LogP contribution is 2.29. The summed E-state index contributed by atoms with van der Waals surface area (Å²) in [5, 5.41) is 4.68. The second kappa shape index (κ2) is 5.59. The number of aromatic nitrogens is 3. The zero-order valence-corrected chi connectivity index (χ0v) is 12.3. The molecule has 7 heteroatoms. The van der Waals surface area contributed by atoms with Crippen LogP contribution in [0.25, 0.3) is 10.9 Å². The van der Waals surface area contributed by atoms with Crippen LogP contribution in [0, 0.1) is 0 Å². The predicted molar refractivity (Wildman–Crippen MR) is 88.0 cm³/mol. The van der Waals surface area contributed by atoms with E-state index in [1.165, 1.54) is 6.20 Å². The highest BCUT2D eigenvalue weighted by atomic mass is 35.5. The fourth-order valence-electron chi connectivity index (χ4n) is 1.90. The molecule has 1 aromatic carbocycles. The van der Waals surface area contributed by atoms with E-state index in [1.54, 1.807) is 12.4 Å². The van der Waals surface area contributed by atoms with Gasteiger partial charge in [-0.2, -0.15) is 0 Å². The fraction of sp³-hybridized carbons (Fsp3) is 0. The highest BCUT2D eigenvalue weighted by Gasteiger charge is 2.07. The molecule has 0 amide bonds. The normalized spacial score (nSPS) is 10.5. The number of nitrogens with two attached hydrogens (primary N) is 1. The summed E-state index contributed by atoms with van der Waals surface area (Å²) in [7, 11) is 0. The van der Waals surface area contributed by atoms with Gasteiger partial charge >= 0.3 is 0 Å². The molecule has 0 saturated carbocycles. The maximum Gasteiger partial charge on any atom is 0.148 e. The molecule has 0 aliphatic rings. The van der Waals surface area contributed by atoms with E-state index in [4.69, 9.17) is 29.6 Å². The van der Waals surface area contributed by atoms with Gasteiger partial charge in [0, 0.05) is 11.6 Å². The van der Waals surface area contributed by atoms with Gasteiger partial charge in [-0.1, -0.05) is 23.8 Å². The Morgan fingerprint density at radius 1 is 1.14 bits per heavy atom. The number of benzene rings is 1. The van der Waals surface area contributed by atoms with Gasteiger partial charge in [-0.15, -0.1) is 0 Å². The lowest BCUT2D eigenvalue weighted by molar-refractivity contribution is 1.18. The summed E-state index contributed by atoms with van der Waals surface area (Å²) < 4.78 is 0. The average Bonchev–Trinajstić information content (AvgIpc) is 2.51. The molecule has 0 bridgehead atoms. The average molecular weight is 316 g/mol. The van der Waals surface area contributed by atoms with Crippen molar-refractivity contribution in [2.75, 3.05) is 5.32 Å². The number of anilines is 2. The van der Waals surface area contributed by atoms with Crippen molar-refractivity contribution in [2.24, 2.45) is 5.73 Å². The Kier molecular flexibility index (Phi) is 3.64. The van der Waals surface area contributed by atoms with E-state index in [2.05, 4.69) is 20.3 Å². The third kappa shape index (κ3) is 2.76. The zero-order valence-electron chi connectivity index (χ0n) is 10.7. The summed E-state index contributed by atoms with van der Waals surface area (Å²) in [5.41, 5.74) is 7.54. The molecular weight excluding hydrogens is 306 g/mol. The van der Waals surface area contributed by atoms with Crippen LogP contribution >= 0.6 is 23.8 Å². The molecule has 5 nitrogen and oxygen atoms in total. The lowest BCUT2D eigenvalue weighted by Crippen LogP contribution is -2.12. The van der Waals surface area contributed by atoms with Crippen molar-refractivity contribution in [1.82, 2.24) is 15.0 Å². The number of halogens is 1. The number of nitrogens with one attached hydrogen (secondary N) is 1. The van der Waals surface area contributed by atoms with Crippen LogP contribution in [0.1, 0.15) is 5.69 Å². The number of rotatable bonds is 3. The lowest BCUT2D eigenvalue weighted by Gasteiger charge is -2.09. The Morgan fingerprint density at radius 2 is 2.00 bits per heavy atom. The first kappa shape index (κ1) is 13.7. The van der Waals surface area contributed by atoms with E-state index in [1.807, 2.05) is 24.3 Å². The van der Waals surface area contributed by atoms with Crippen LogP contribution < -0.4 is 11.1 Å². The van der Waals surface area contributed by atoms with E-state index < -0.39 is 0 Å². The molecule has 0 aliphatic carbocycles. The third-order valence-corrected chi connectivity index (χ3v) is 3.42. The molecule has 0 aliphatic heterocycles. The number of hydrogen-bond donors (Lipinski definition) is 2. The second-order valence-corrected chi connectivity index (χ2v) is 5.12. The molecule has 0 radical (unpaired) electrons. The standard InChI is InChI=1S/C14H10ClN5S/c15-9-3-4-10(13-8(9)2-1-5-17-13)20-12-7-18-11(6-19-12)14(16)21/h1-7H,(H2,16,21)(H,19,20). The van der Waals surface area contributed by atoms with Crippen molar-refractivity contribution >= 4 is 51.2 Å². The first-order chi connectivity index (χ1) is 10.1. The number of fused-ring (bicyclic) bond motifs is 1. The van der Waals surface area contributed by atoms with Crippen molar-refractivity contribution in [3.8, 4) is 0 Å². The van der Waals surface area contributed by atoms with Crippen LogP contribution in [-0.2, 0) is 0 Å². The molecule has 3 N–H and O–H groups in total. The molecule has 3 aromatic rings. The van der Waals surface area contributed by atoms with Crippen LogP contribution in [0.4, 0.5) is 11.5 Å². The number of nitrogens with zero attached hydrogens (tertiary/aromatic N) is 3. The molecule has 0 atom stereocenters. The SMILES string of the molecule is NC(=S)c1cnc(Nc2ccc(Cl)c3cccnc23)cn1. The van der Waals surface area contributed by atoms with E-state index in [9.17, 15) is 0 Å². The van der Waals surface area contributed by atoms with Gasteiger partial charge in [-0.05, 0) is 24.3 Å². The molecule has 0 spiro atoms. The third-order valence-electron chi connectivity index (χ3n) is 2.88. The lowest BCUT2D eigenvalue weighted by atomic mass is 10.2. The van der Waals surface area contributed by atoms with Gasteiger partial charge in [0.1, 0.15) is 16.5 Å². The zero-order chi connectivity index (χ0) is 14.8. The van der Waals surface area contributed by atoms with Crippen molar-refractivity contribution in [3.05, 3.63) is 53.6 Å². The molecule has 21 heavy (non-hydrogen) atoms. The molecule has 104 valence electrons. The second-order valence-electron chi connectivity index (χ2n) is 4.27. The fourth-order valence-corrected chi connectivity index (χ4v) is 2.22. The highest BCUT2D eigenvalue weighted by molar-refractivity contribution is 7.80. The summed E-state index contributed by atoms with van der Waals surface area (Å²) in [4.78, 5) is 12.9. The Bertz CT molecular complexity index is 819. The quantitative estimate of drug-likeness (QED) is 0.723. The monoisotopic (exact) mass is 315 g/mol. The summed E-state index contributed by atoms with van der Waals surface area (Å²) in [6, 6.07) is 7.41. The van der Waals surface area contributed by atoms with Gasteiger partial charge in [0.05, 0.1) is 28.6 Å². The van der Waals surface area contributed by atoms with Crippen LogP contribution in [0.5, 0.6) is 0 Å². The number of hydrogen-bond acceptors (Lipinski definition) is 5. The molecule has 2 aromatic heterocycles. The molecule has 0 saturated heterocycles. The Hall–Kier alpha value is -2.31. The minimum atomic E-state index is 0.215. The minimum Gasteiger partial charge on any atom is -0.388 e. The van der Waals surface area contributed by atoms with Crippen molar-refractivity contribution < 1.29 is 0 Å². The van der Waals surface area contributed by atoms with Gasteiger partial charge in [-0.3, -0.25) is 4.98 Å². The Labute approximate surface area is 131 Å². The topological polar surface area (TPSA) is 76.7 Å². The molecule has 0 fully saturated rings. The van der Waals surface area contributed by atoms with Crippen LogP contribution in [-0.4, -0.2) is 19.9 Å². The molecule has 2 heterocycles. The number of thiocarbonyl (C=S) groups is 1. The first-order valence-electron chi connectivity index (χ1n) is 6.07. The molecular formula is C14H10ClN5S. The van der Waals surface area contributed by atoms with Crippen molar-refractivity contribution in [3.63, 3.8) is 0 Å². The largest absolute Gasteiger partial charge is 0.388 e. The summed E-state index contributed by atoms with van der Waals surface area (Å²) in [6.45, 7) is 0. The van der Waals surface area contributed by atoms with Crippen molar-refractivity contribution in [2.45, 2.75) is 0 Å². The van der Waals surface area contributed by atoms with Gasteiger partial charge in [0.15, 0.2) is 0 Å². The van der Waals surface area contributed by atoms with E-state index in [-0.39, 0.29) is 4.99 Å². The van der Waals surface area contributed by atoms with Gasteiger partial charge in [0.25, 0.3) is 0 Å². The van der Waals surface area contributed by atoms with Crippen LogP contribution in [0.3, 0.4) is 0 Å². The number of pyridine rings is 1. The van der Waals surface area contributed by atoms with Crippen LogP contribution in [0.15, 0.2) is 42.9 Å². The van der Waals surface area contributed by atoms with Gasteiger partial charge < -0.3 is 11.1 Å². The first-order valence-corrected chi connectivity index (χ1v) is 6.86. The Morgan fingerprint density at radius 3 is 2.71 bits per heavy atom. The van der Waals surface area contributed by atoms with Crippen LogP contribution in [0.2, 0.25) is 5.02 Å². The van der Waals surface area contributed by atoms with Crippen molar-refractivity contribution in [1.29, 1.82) is 0 Å². The summed E-state index contributed by atoms with van der Waals surface area (Å²) >= 11 is 11.0. The smallest absolute Gasteiger partial charge is 0.148 e. The molecule has 3 rings (SSSR count). The van der Waals surface area contributed by atoms with Gasteiger partial charge in [0.2, 0.25) is 0 Å². The maximum absolute atomic E-state index is 6.16.